The number of likely N-dealkylation sites (tertiary alicyclic amines) is 1. The van der Waals surface area contributed by atoms with Crippen molar-refractivity contribution in [2.75, 3.05) is 18.4 Å². The molecule has 0 aromatic heterocycles. The lowest BCUT2D eigenvalue weighted by Crippen LogP contribution is -2.35. The van der Waals surface area contributed by atoms with Crippen molar-refractivity contribution in [1.29, 1.82) is 0 Å². The van der Waals surface area contributed by atoms with Crippen molar-refractivity contribution in [1.82, 2.24) is 4.90 Å². The molecule has 2 aromatic carbocycles. The Bertz CT molecular complexity index is 818. The molecule has 3 rings (SSSR count). The number of aryl methyl sites for hydroxylation is 1. The van der Waals surface area contributed by atoms with E-state index in [0.717, 1.165) is 12.0 Å². The van der Waals surface area contributed by atoms with E-state index in [-0.39, 0.29) is 17.9 Å². The topological polar surface area (TPSA) is 75.4 Å². The lowest BCUT2D eigenvalue weighted by Gasteiger charge is -2.23. The van der Waals surface area contributed by atoms with Crippen LogP contribution in [0.1, 0.15) is 39.6 Å². The minimum Gasteiger partial charge on any atom is -0.336 e. The smallest absolute Gasteiger partial charge is 0.256 e. The Kier molecular flexibility index (Phi) is 5.38. The fourth-order valence-corrected chi connectivity index (χ4v) is 3.51. The Morgan fingerprint density at radius 2 is 1.96 bits per heavy atom. The average Bonchev–Trinajstić information content (AvgIpc) is 3.02. The highest BCUT2D eigenvalue weighted by atomic mass is 16.2. The fourth-order valence-electron chi connectivity index (χ4n) is 3.51. The average molecular weight is 351 g/mol. The second-order valence-corrected chi connectivity index (χ2v) is 7.01. The molecule has 1 fully saturated rings. The van der Waals surface area contributed by atoms with Gasteiger partial charge in [0.2, 0.25) is 0 Å². The van der Waals surface area contributed by atoms with E-state index in [1.54, 1.807) is 18.2 Å². The first-order chi connectivity index (χ1) is 12.5. The second-order valence-electron chi connectivity index (χ2n) is 7.01. The Hall–Kier alpha value is -2.66. The third-order valence-electron chi connectivity index (χ3n) is 4.94. The van der Waals surface area contributed by atoms with Crippen LogP contribution in [-0.2, 0) is 0 Å². The molecule has 3 N–H and O–H groups in total. The van der Waals surface area contributed by atoms with E-state index in [0.29, 0.717) is 35.8 Å². The highest BCUT2D eigenvalue weighted by molar-refractivity contribution is 6.09. The number of amides is 2. The summed E-state index contributed by atoms with van der Waals surface area (Å²) in [4.78, 5) is 27.5. The number of anilines is 1. The molecular formula is C21H25N3O2. The highest BCUT2D eigenvalue weighted by Crippen LogP contribution is 2.27. The quantitative estimate of drug-likeness (QED) is 0.889. The molecule has 136 valence electrons. The van der Waals surface area contributed by atoms with Crippen LogP contribution in [0, 0.1) is 12.8 Å². The highest BCUT2D eigenvalue weighted by Gasteiger charge is 2.33. The van der Waals surface area contributed by atoms with Crippen LogP contribution in [0.2, 0.25) is 0 Å². The molecule has 5 nitrogen and oxygen atoms in total. The van der Waals surface area contributed by atoms with E-state index in [9.17, 15) is 9.59 Å². The molecule has 0 spiro atoms. The molecule has 2 amide bonds. The maximum absolute atomic E-state index is 13.0. The molecule has 1 aliphatic rings. The van der Waals surface area contributed by atoms with Crippen LogP contribution < -0.4 is 11.1 Å². The summed E-state index contributed by atoms with van der Waals surface area (Å²) in [6.45, 7) is 5.23. The van der Waals surface area contributed by atoms with E-state index < -0.39 is 0 Å². The molecule has 1 heterocycles. The lowest BCUT2D eigenvalue weighted by molar-refractivity contribution is 0.0744. The summed E-state index contributed by atoms with van der Waals surface area (Å²) in [5.41, 5.74) is 8.41. The second kappa shape index (κ2) is 7.70. The van der Waals surface area contributed by atoms with Gasteiger partial charge in [-0.25, -0.2) is 0 Å². The first-order valence-electron chi connectivity index (χ1n) is 8.97. The van der Waals surface area contributed by atoms with Gasteiger partial charge in [-0.1, -0.05) is 29.8 Å². The van der Waals surface area contributed by atoms with E-state index in [1.165, 1.54) is 0 Å². The summed E-state index contributed by atoms with van der Waals surface area (Å²) in [6, 6.07) is 14.7. The van der Waals surface area contributed by atoms with Crippen molar-refractivity contribution in [2.45, 2.75) is 26.3 Å². The number of hydrogen-bond donors (Lipinski definition) is 2. The molecule has 1 saturated heterocycles. The zero-order valence-electron chi connectivity index (χ0n) is 15.2. The minimum absolute atomic E-state index is 0.0615. The summed E-state index contributed by atoms with van der Waals surface area (Å²) >= 11 is 0. The van der Waals surface area contributed by atoms with Gasteiger partial charge >= 0.3 is 0 Å². The van der Waals surface area contributed by atoms with Gasteiger partial charge in [-0.05, 0) is 57.0 Å². The predicted octanol–water partition coefficient (Wildman–Crippen LogP) is 3.06. The maximum atomic E-state index is 13.0. The van der Waals surface area contributed by atoms with E-state index in [4.69, 9.17) is 5.73 Å². The molecule has 2 atom stereocenters. The molecule has 2 aromatic rings. The largest absolute Gasteiger partial charge is 0.336 e. The Balaban J connectivity index is 1.82. The van der Waals surface area contributed by atoms with Crippen LogP contribution in [0.3, 0.4) is 0 Å². The van der Waals surface area contributed by atoms with Crippen LogP contribution in [0.15, 0.2) is 48.5 Å². The van der Waals surface area contributed by atoms with Gasteiger partial charge in [-0.15, -0.1) is 0 Å². The lowest BCUT2D eigenvalue weighted by atomic mass is 10.1. The number of nitrogens with zero attached hydrogens (tertiary/aromatic N) is 1. The van der Waals surface area contributed by atoms with Crippen LogP contribution in [0.4, 0.5) is 5.69 Å². The van der Waals surface area contributed by atoms with Gasteiger partial charge < -0.3 is 16.0 Å². The molecule has 0 saturated carbocycles. The van der Waals surface area contributed by atoms with Gasteiger partial charge in [0, 0.05) is 18.2 Å². The summed E-state index contributed by atoms with van der Waals surface area (Å²) in [6.07, 6.45) is 0.917. The third-order valence-corrected chi connectivity index (χ3v) is 4.94. The SMILES string of the molecule is Cc1cccc(C(=O)Nc2ccccc2C(=O)N2CC(CN)CC2C)c1. The maximum Gasteiger partial charge on any atom is 0.256 e. The number of carbonyl (C=O) groups excluding carboxylic acids is 2. The molecular weight excluding hydrogens is 326 g/mol. The Morgan fingerprint density at radius 1 is 1.19 bits per heavy atom. The van der Waals surface area contributed by atoms with Gasteiger partial charge in [-0.2, -0.15) is 0 Å². The van der Waals surface area contributed by atoms with Gasteiger partial charge in [0.05, 0.1) is 11.3 Å². The summed E-state index contributed by atoms with van der Waals surface area (Å²) < 4.78 is 0. The normalized spacial score (nSPS) is 19.4. The summed E-state index contributed by atoms with van der Waals surface area (Å²) in [5.74, 6) is 0.0554. The van der Waals surface area contributed by atoms with E-state index in [1.807, 2.05) is 49.1 Å². The molecule has 2 unspecified atom stereocenters. The standard InChI is InChI=1S/C21H25N3O2/c1-14-6-5-7-17(10-14)20(25)23-19-9-4-3-8-18(19)21(26)24-13-16(12-22)11-15(24)2/h3-10,15-16H,11-13,22H2,1-2H3,(H,23,25). The number of para-hydroxylation sites is 1. The van der Waals surface area contributed by atoms with Crippen molar-refractivity contribution in [3.05, 3.63) is 65.2 Å². The summed E-state index contributed by atoms with van der Waals surface area (Å²) in [5, 5.41) is 2.89. The molecule has 26 heavy (non-hydrogen) atoms. The Labute approximate surface area is 154 Å². The predicted molar refractivity (Wildman–Crippen MR) is 103 cm³/mol. The monoisotopic (exact) mass is 351 g/mol. The van der Waals surface area contributed by atoms with Gasteiger partial charge in [0.25, 0.3) is 11.8 Å². The Morgan fingerprint density at radius 3 is 2.65 bits per heavy atom. The van der Waals surface area contributed by atoms with Crippen molar-refractivity contribution in [3.8, 4) is 0 Å². The van der Waals surface area contributed by atoms with E-state index >= 15 is 0 Å². The van der Waals surface area contributed by atoms with Crippen LogP contribution in [0.25, 0.3) is 0 Å². The number of nitrogens with one attached hydrogen (secondary N) is 1. The van der Waals surface area contributed by atoms with Crippen LogP contribution >= 0.6 is 0 Å². The van der Waals surface area contributed by atoms with Crippen LogP contribution in [0.5, 0.6) is 0 Å². The molecule has 0 aliphatic carbocycles. The number of hydrogen-bond acceptors (Lipinski definition) is 3. The number of nitrogens with two attached hydrogens (primary N) is 1. The fraction of sp³-hybridized carbons (Fsp3) is 0.333. The summed E-state index contributed by atoms with van der Waals surface area (Å²) in [7, 11) is 0. The van der Waals surface area contributed by atoms with Crippen molar-refractivity contribution in [3.63, 3.8) is 0 Å². The number of benzene rings is 2. The molecule has 0 bridgehead atoms. The van der Waals surface area contributed by atoms with Crippen molar-refractivity contribution in [2.24, 2.45) is 11.7 Å². The van der Waals surface area contributed by atoms with Crippen molar-refractivity contribution >= 4 is 17.5 Å². The minimum atomic E-state index is -0.219. The zero-order valence-corrected chi connectivity index (χ0v) is 15.2. The molecule has 5 heteroatoms. The molecule has 1 aliphatic heterocycles. The molecule has 0 radical (unpaired) electrons. The number of rotatable bonds is 4. The third kappa shape index (κ3) is 3.78. The van der Waals surface area contributed by atoms with Crippen LogP contribution in [-0.4, -0.2) is 35.8 Å². The van der Waals surface area contributed by atoms with Gasteiger partial charge in [-0.3, -0.25) is 9.59 Å². The van der Waals surface area contributed by atoms with Gasteiger partial charge in [0.15, 0.2) is 0 Å². The number of carbonyl (C=O) groups is 2. The first kappa shape index (κ1) is 18.1. The van der Waals surface area contributed by atoms with Crippen molar-refractivity contribution < 1.29 is 9.59 Å². The zero-order chi connectivity index (χ0) is 18.7. The van der Waals surface area contributed by atoms with Gasteiger partial charge in [0.1, 0.15) is 0 Å². The first-order valence-corrected chi connectivity index (χ1v) is 8.97. The van der Waals surface area contributed by atoms with E-state index in [2.05, 4.69) is 5.32 Å².